The van der Waals surface area contributed by atoms with Gasteiger partial charge in [-0.2, -0.15) is 0 Å². The average molecular weight is 435 g/mol. The van der Waals surface area contributed by atoms with Gasteiger partial charge in [-0.15, -0.1) is 21.5 Å². The second-order valence-electron chi connectivity index (χ2n) is 5.47. The number of carbonyl (C=O) groups excluding carboxylic acids is 2. The van der Waals surface area contributed by atoms with Crippen molar-refractivity contribution in [2.24, 2.45) is 0 Å². The molecule has 1 aromatic carbocycles. The zero-order valence-corrected chi connectivity index (χ0v) is 16.2. The quantitative estimate of drug-likeness (QED) is 0.600. The molecule has 0 aliphatic heterocycles. The van der Waals surface area contributed by atoms with E-state index in [1.807, 2.05) is 31.2 Å². The number of rotatable bonds is 5. The van der Waals surface area contributed by atoms with Crippen molar-refractivity contribution in [3.63, 3.8) is 0 Å². The Bertz CT molecular complexity index is 920. The minimum absolute atomic E-state index is 0.115. The van der Waals surface area contributed by atoms with Crippen molar-refractivity contribution in [1.82, 2.24) is 21.0 Å². The number of carbonyl (C=O) groups is 2. The molecule has 2 aromatic heterocycles. The lowest BCUT2D eigenvalue weighted by atomic mass is 10.1. The van der Waals surface area contributed by atoms with E-state index in [4.69, 9.17) is 4.42 Å². The number of aromatic nitrogens is 2. The van der Waals surface area contributed by atoms with E-state index in [9.17, 15) is 9.59 Å². The molecule has 3 aromatic rings. The largest absolute Gasteiger partial charge is 0.421 e. The molecule has 0 aliphatic rings. The highest BCUT2D eigenvalue weighted by atomic mass is 79.9. The van der Waals surface area contributed by atoms with E-state index in [-0.39, 0.29) is 24.7 Å². The van der Waals surface area contributed by atoms with E-state index in [1.54, 1.807) is 12.1 Å². The van der Waals surface area contributed by atoms with Crippen LogP contribution in [0.15, 0.2) is 44.6 Å². The maximum absolute atomic E-state index is 11.9. The van der Waals surface area contributed by atoms with Gasteiger partial charge in [0.05, 0.1) is 8.66 Å². The van der Waals surface area contributed by atoms with Crippen LogP contribution in [0.2, 0.25) is 0 Å². The van der Waals surface area contributed by atoms with Gasteiger partial charge in [0.25, 0.3) is 5.91 Å². The Kier molecular flexibility index (Phi) is 5.79. The van der Waals surface area contributed by atoms with Crippen molar-refractivity contribution >= 4 is 39.1 Å². The lowest BCUT2D eigenvalue weighted by molar-refractivity contribution is -0.121. The molecular weight excluding hydrogens is 420 g/mol. The van der Waals surface area contributed by atoms with E-state index >= 15 is 0 Å². The molecule has 2 amide bonds. The third kappa shape index (κ3) is 4.77. The lowest BCUT2D eigenvalue weighted by Crippen LogP contribution is -2.41. The number of benzene rings is 1. The molecule has 7 nitrogen and oxygen atoms in total. The first-order valence-electron chi connectivity index (χ1n) is 7.75. The molecule has 26 heavy (non-hydrogen) atoms. The summed E-state index contributed by atoms with van der Waals surface area (Å²) >= 11 is 4.56. The minimum atomic E-state index is -0.367. The fraction of sp³-hybridized carbons (Fsp3) is 0.176. The standard InChI is InChI=1S/C17H15BrN4O3S/c1-10-2-4-11(5-3-10)17-22-20-15(25-17)9-8-14(23)19-21-16(24)12-6-7-13(18)26-12/h2-7H,8-9H2,1H3,(H,19,23)(H,21,24). The summed E-state index contributed by atoms with van der Waals surface area (Å²) in [6.45, 7) is 2.00. The molecular formula is C17H15BrN4O3S. The van der Waals surface area contributed by atoms with Crippen molar-refractivity contribution in [3.05, 3.63) is 56.5 Å². The maximum atomic E-state index is 11.9. The van der Waals surface area contributed by atoms with Gasteiger partial charge in [0, 0.05) is 18.4 Å². The predicted molar refractivity (Wildman–Crippen MR) is 100 cm³/mol. The van der Waals surface area contributed by atoms with E-state index in [0.29, 0.717) is 16.7 Å². The molecule has 2 N–H and O–H groups in total. The lowest BCUT2D eigenvalue weighted by Gasteiger charge is -2.05. The maximum Gasteiger partial charge on any atom is 0.279 e. The highest BCUT2D eigenvalue weighted by Gasteiger charge is 2.12. The van der Waals surface area contributed by atoms with Gasteiger partial charge >= 0.3 is 0 Å². The molecule has 134 valence electrons. The molecule has 0 spiro atoms. The molecule has 2 heterocycles. The molecule has 0 saturated carbocycles. The molecule has 0 saturated heterocycles. The summed E-state index contributed by atoms with van der Waals surface area (Å²) in [4.78, 5) is 24.2. The second-order valence-corrected chi connectivity index (χ2v) is 7.94. The first-order valence-corrected chi connectivity index (χ1v) is 9.36. The first kappa shape index (κ1) is 18.3. The van der Waals surface area contributed by atoms with Crippen molar-refractivity contribution in [2.75, 3.05) is 0 Å². The fourth-order valence-corrected chi connectivity index (χ4v) is 3.36. The Hall–Kier alpha value is -2.52. The van der Waals surface area contributed by atoms with Crippen LogP contribution >= 0.6 is 27.3 Å². The number of thiophene rings is 1. The Balaban J connectivity index is 1.47. The third-order valence-electron chi connectivity index (χ3n) is 3.44. The molecule has 0 atom stereocenters. The van der Waals surface area contributed by atoms with Gasteiger partial charge in [-0.25, -0.2) is 0 Å². The number of nitrogens with zero attached hydrogens (tertiary/aromatic N) is 2. The summed E-state index contributed by atoms with van der Waals surface area (Å²) in [5, 5.41) is 7.93. The smallest absolute Gasteiger partial charge is 0.279 e. The van der Waals surface area contributed by atoms with E-state index < -0.39 is 0 Å². The van der Waals surface area contributed by atoms with Crippen molar-refractivity contribution in [2.45, 2.75) is 19.8 Å². The number of nitrogens with one attached hydrogen (secondary N) is 2. The monoisotopic (exact) mass is 434 g/mol. The average Bonchev–Trinajstić information content (AvgIpc) is 3.27. The van der Waals surface area contributed by atoms with Crippen molar-refractivity contribution in [1.29, 1.82) is 0 Å². The summed E-state index contributed by atoms with van der Waals surface area (Å²) < 4.78 is 6.41. The summed E-state index contributed by atoms with van der Waals surface area (Å²) in [6.07, 6.45) is 0.398. The highest BCUT2D eigenvalue weighted by Crippen LogP contribution is 2.21. The molecule has 0 bridgehead atoms. The number of halogens is 1. The van der Waals surface area contributed by atoms with Gasteiger partial charge < -0.3 is 4.42 Å². The van der Waals surface area contributed by atoms with Crippen LogP contribution in [0.5, 0.6) is 0 Å². The van der Waals surface area contributed by atoms with Crippen LogP contribution in [0.25, 0.3) is 11.5 Å². The van der Waals surface area contributed by atoms with Crippen LogP contribution in [-0.4, -0.2) is 22.0 Å². The molecule has 0 radical (unpaired) electrons. The fourth-order valence-electron chi connectivity index (χ4n) is 2.07. The predicted octanol–water partition coefficient (Wildman–Crippen LogP) is 3.26. The Labute approximate surface area is 161 Å². The first-order chi connectivity index (χ1) is 12.5. The third-order valence-corrected chi connectivity index (χ3v) is 5.07. The summed E-state index contributed by atoms with van der Waals surface area (Å²) in [7, 11) is 0. The number of hydrazine groups is 1. The van der Waals surface area contributed by atoms with Crippen LogP contribution in [0, 0.1) is 6.92 Å². The van der Waals surface area contributed by atoms with Crippen LogP contribution < -0.4 is 10.9 Å². The van der Waals surface area contributed by atoms with E-state index in [0.717, 1.165) is 14.9 Å². The van der Waals surface area contributed by atoms with Gasteiger partial charge in [0.2, 0.25) is 17.7 Å². The number of hydrogen-bond donors (Lipinski definition) is 2. The normalized spacial score (nSPS) is 10.5. The minimum Gasteiger partial charge on any atom is -0.421 e. The summed E-state index contributed by atoms with van der Waals surface area (Å²) in [6, 6.07) is 11.2. The Morgan fingerprint density at radius 3 is 2.58 bits per heavy atom. The molecule has 0 unspecified atom stereocenters. The molecule has 9 heteroatoms. The highest BCUT2D eigenvalue weighted by molar-refractivity contribution is 9.11. The van der Waals surface area contributed by atoms with Gasteiger partial charge in [0.1, 0.15) is 0 Å². The SMILES string of the molecule is Cc1ccc(-c2nnc(CCC(=O)NNC(=O)c3ccc(Br)s3)o2)cc1. The van der Waals surface area contributed by atoms with Crippen LogP contribution in [0.4, 0.5) is 0 Å². The molecule has 0 fully saturated rings. The van der Waals surface area contributed by atoms with Crippen LogP contribution in [-0.2, 0) is 11.2 Å². The zero-order chi connectivity index (χ0) is 18.5. The van der Waals surface area contributed by atoms with Gasteiger partial charge in [-0.1, -0.05) is 17.7 Å². The summed E-state index contributed by atoms with van der Waals surface area (Å²) in [5.41, 5.74) is 6.71. The van der Waals surface area contributed by atoms with Crippen molar-refractivity contribution in [3.8, 4) is 11.5 Å². The van der Waals surface area contributed by atoms with Crippen LogP contribution in [0.3, 0.4) is 0 Å². The van der Waals surface area contributed by atoms with Crippen molar-refractivity contribution < 1.29 is 14.0 Å². The van der Waals surface area contributed by atoms with Gasteiger partial charge in [-0.05, 0) is 47.1 Å². The number of amides is 2. The van der Waals surface area contributed by atoms with Gasteiger partial charge in [0.15, 0.2) is 0 Å². The van der Waals surface area contributed by atoms with Crippen LogP contribution in [0.1, 0.15) is 27.5 Å². The van der Waals surface area contributed by atoms with E-state index in [1.165, 1.54) is 11.3 Å². The Morgan fingerprint density at radius 1 is 1.12 bits per heavy atom. The van der Waals surface area contributed by atoms with E-state index in [2.05, 4.69) is 37.0 Å². The number of hydrogen-bond acceptors (Lipinski definition) is 6. The van der Waals surface area contributed by atoms with Gasteiger partial charge in [-0.3, -0.25) is 20.4 Å². The topological polar surface area (TPSA) is 97.1 Å². The summed E-state index contributed by atoms with van der Waals surface area (Å²) in [5.74, 6) is 0.0683. The second kappa shape index (κ2) is 8.24. The number of aryl methyl sites for hydroxylation is 2. The molecule has 3 rings (SSSR count). The Morgan fingerprint density at radius 2 is 1.88 bits per heavy atom. The molecule has 0 aliphatic carbocycles. The zero-order valence-electron chi connectivity index (χ0n) is 13.8.